The molecule has 0 aliphatic carbocycles. The van der Waals surface area contributed by atoms with E-state index in [9.17, 15) is 13.6 Å². The number of carbonyl (C=O) groups is 1. The van der Waals surface area contributed by atoms with Crippen molar-refractivity contribution in [2.45, 2.75) is 19.4 Å². The van der Waals surface area contributed by atoms with Gasteiger partial charge in [-0.05, 0) is 31.0 Å². The third-order valence-corrected chi connectivity index (χ3v) is 3.08. The number of halogens is 2. The fourth-order valence-corrected chi connectivity index (χ4v) is 2.20. The first-order chi connectivity index (χ1) is 8.56. The van der Waals surface area contributed by atoms with Crippen LogP contribution in [0.3, 0.4) is 0 Å². The molecule has 2 rings (SSSR count). The Balaban J connectivity index is 2.03. The molecule has 1 fully saturated rings. The van der Waals surface area contributed by atoms with Crippen molar-refractivity contribution in [1.29, 1.82) is 0 Å². The lowest BCUT2D eigenvalue weighted by Gasteiger charge is -2.28. The number of piperidine rings is 1. The van der Waals surface area contributed by atoms with E-state index >= 15 is 0 Å². The minimum atomic E-state index is -0.829. The van der Waals surface area contributed by atoms with Gasteiger partial charge in [0.05, 0.1) is 5.56 Å². The summed E-state index contributed by atoms with van der Waals surface area (Å²) in [7, 11) is 0. The lowest BCUT2D eigenvalue weighted by Crippen LogP contribution is -2.48. The van der Waals surface area contributed by atoms with Crippen LogP contribution in [-0.4, -0.2) is 25.0 Å². The van der Waals surface area contributed by atoms with Crippen LogP contribution in [-0.2, 0) is 0 Å². The van der Waals surface area contributed by atoms with Crippen LogP contribution in [0.2, 0.25) is 0 Å². The zero-order chi connectivity index (χ0) is 13.1. The summed E-state index contributed by atoms with van der Waals surface area (Å²) in [6, 6.07) is 2.96. The second-order valence-electron chi connectivity index (χ2n) is 4.79. The van der Waals surface area contributed by atoms with E-state index in [0.717, 1.165) is 25.1 Å². The molecule has 1 saturated heterocycles. The second-order valence-corrected chi connectivity index (χ2v) is 4.79. The highest BCUT2D eigenvalue weighted by atomic mass is 19.1. The summed E-state index contributed by atoms with van der Waals surface area (Å²) in [6.07, 6.45) is 0.863. The Kier molecular flexibility index (Phi) is 3.91. The molecule has 1 aliphatic heterocycles. The van der Waals surface area contributed by atoms with Gasteiger partial charge < -0.3 is 10.6 Å². The van der Waals surface area contributed by atoms with Crippen molar-refractivity contribution >= 4 is 5.91 Å². The average Bonchev–Trinajstić information content (AvgIpc) is 2.28. The predicted molar refractivity (Wildman–Crippen MR) is 64.3 cm³/mol. The molecule has 18 heavy (non-hydrogen) atoms. The Morgan fingerprint density at radius 2 is 2.17 bits per heavy atom. The Morgan fingerprint density at radius 1 is 1.39 bits per heavy atom. The van der Waals surface area contributed by atoms with Crippen molar-refractivity contribution < 1.29 is 13.6 Å². The number of rotatable bonds is 2. The lowest BCUT2D eigenvalue weighted by atomic mass is 9.97. The number of hydrogen-bond donors (Lipinski definition) is 2. The SMILES string of the molecule is CC1CNCC(NC(=O)c2ccc(F)cc2F)C1. The van der Waals surface area contributed by atoms with Crippen LogP contribution < -0.4 is 10.6 Å². The number of benzene rings is 1. The summed E-state index contributed by atoms with van der Waals surface area (Å²) in [4.78, 5) is 11.9. The van der Waals surface area contributed by atoms with Crippen molar-refractivity contribution in [3.63, 3.8) is 0 Å². The lowest BCUT2D eigenvalue weighted by molar-refractivity contribution is 0.0921. The number of nitrogens with one attached hydrogen (secondary N) is 2. The molecule has 0 saturated carbocycles. The maximum absolute atomic E-state index is 13.4. The van der Waals surface area contributed by atoms with E-state index in [0.29, 0.717) is 12.5 Å². The van der Waals surface area contributed by atoms with Crippen LogP contribution in [0.1, 0.15) is 23.7 Å². The molecule has 1 aliphatic rings. The van der Waals surface area contributed by atoms with Gasteiger partial charge in [-0.2, -0.15) is 0 Å². The monoisotopic (exact) mass is 254 g/mol. The topological polar surface area (TPSA) is 41.1 Å². The highest BCUT2D eigenvalue weighted by Gasteiger charge is 2.21. The van der Waals surface area contributed by atoms with Gasteiger partial charge >= 0.3 is 0 Å². The summed E-state index contributed by atoms with van der Waals surface area (Å²) >= 11 is 0. The summed E-state index contributed by atoms with van der Waals surface area (Å²) in [5.74, 6) is -1.53. The van der Waals surface area contributed by atoms with Crippen molar-refractivity contribution in [1.82, 2.24) is 10.6 Å². The Morgan fingerprint density at radius 3 is 2.83 bits per heavy atom. The third kappa shape index (κ3) is 3.04. The molecule has 1 heterocycles. The number of carbonyl (C=O) groups excluding carboxylic acids is 1. The Bertz CT molecular complexity index is 451. The summed E-state index contributed by atoms with van der Waals surface area (Å²) in [6.45, 7) is 3.69. The Hall–Kier alpha value is -1.49. The molecule has 3 nitrogen and oxygen atoms in total. The van der Waals surface area contributed by atoms with E-state index in [4.69, 9.17) is 0 Å². The average molecular weight is 254 g/mol. The minimum absolute atomic E-state index is 0.00861. The van der Waals surface area contributed by atoms with Crippen molar-refractivity contribution in [3.8, 4) is 0 Å². The molecular formula is C13H16F2N2O. The zero-order valence-electron chi connectivity index (χ0n) is 10.2. The highest BCUT2D eigenvalue weighted by molar-refractivity contribution is 5.94. The van der Waals surface area contributed by atoms with Crippen LogP contribution in [0.25, 0.3) is 0 Å². The fourth-order valence-electron chi connectivity index (χ4n) is 2.20. The molecule has 0 aromatic heterocycles. The summed E-state index contributed by atoms with van der Waals surface area (Å²) in [5.41, 5.74) is -0.116. The first kappa shape index (κ1) is 13.0. The molecule has 2 atom stereocenters. The predicted octanol–water partition coefficient (Wildman–Crippen LogP) is 1.69. The maximum atomic E-state index is 13.4. The fraction of sp³-hybridized carbons (Fsp3) is 0.462. The van der Waals surface area contributed by atoms with Crippen LogP contribution >= 0.6 is 0 Å². The van der Waals surface area contributed by atoms with Crippen molar-refractivity contribution in [2.24, 2.45) is 5.92 Å². The first-order valence-corrected chi connectivity index (χ1v) is 6.03. The van der Waals surface area contributed by atoms with Crippen LogP contribution in [0, 0.1) is 17.6 Å². The smallest absolute Gasteiger partial charge is 0.254 e. The van der Waals surface area contributed by atoms with Crippen molar-refractivity contribution in [3.05, 3.63) is 35.4 Å². The van der Waals surface area contributed by atoms with Crippen LogP contribution in [0.4, 0.5) is 8.78 Å². The molecule has 0 spiro atoms. The Labute approximate surface area is 105 Å². The minimum Gasteiger partial charge on any atom is -0.348 e. The van der Waals surface area contributed by atoms with E-state index in [1.165, 1.54) is 6.07 Å². The van der Waals surface area contributed by atoms with Gasteiger partial charge in [-0.3, -0.25) is 4.79 Å². The quantitative estimate of drug-likeness (QED) is 0.843. The molecule has 98 valence electrons. The summed E-state index contributed by atoms with van der Waals surface area (Å²) < 4.78 is 26.2. The second kappa shape index (κ2) is 5.44. The molecular weight excluding hydrogens is 238 g/mol. The van der Waals surface area contributed by atoms with Gasteiger partial charge in [-0.25, -0.2) is 8.78 Å². The van der Waals surface area contributed by atoms with Gasteiger partial charge in [0.15, 0.2) is 0 Å². The van der Waals surface area contributed by atoms with Crippen LogP contribution in [0.5, 0.6) is 0 Å². The normalized spacial score (nSPS) is 23.7. The molecule has 2 N–H and O–H groups in total. The van der Waals surface area contributed by atoms with E-state index in [2.05, 4.69) is 17.6 Å². The van der Waals surface area contributed by atoms with E-state index in [1.807, 2.05) is 0 Å². The summed E-state index contributed by atoms with van der Waals surface area (Å²) in [5, 5.41) is 5.96. The van der Waals surface area contributed by atoms with E-state index < -0.39 is 17.5 Å². The largest absolute Gasteiger partial charge is 0.348 e. The maximum Gasteiger partial charge on any atom is 0.254 e. The molecule has 1 aromatic rings. The van der Waals surface area contributed by atoms with Crippen LogP contribution in [0.15, 0.2) is 18.2 Å². The van der Waals surface area contributed by atoms with Gasteiger partial charge in [0.25, 0.3) is 5.91 Å². The number of amides is 1. The van der Waals surface area contributed by atoms with E-state index in [-0.39, 0.29) is 11.6 Å². The standard InChI is InChI=1S/C13H16F2N2O/c1-8-4-10(7-16-6-8)17-13(18)11-3-2-9(14)5-12(11)15/h2-3,5,8,10,16H,4,6-7H2,1H3,(H,17,18). The number of hydrogen-bond acceptors (Lipinski definition) is 2. The third-order valence-electron chi connectivity index (χ3n) is 3.08. The highest BCUT2D eigenvalue weighted by Crippen LogP contribution is 2.12. The molecule has 0 radical (unpaired) electrons. The van der Waals surface area contributed by atoms with Crippen molar-refractivity contribution in [2.75, 3.05) is 13.1 Å². The van der Waals surface area contributed by atoms with Gasteiger partial charge in [0, 0.05) is 18.7 Å². The van der Waals surface area contributed by atoms with Gasteiger partial charge in [0.1, 0.15) is 11.6 Å². The molecule has 2 unspecified atom stereocenters. The molecule has 1 aromatic carbocycles. The molecule has 0 bridgehead atoms. The molecule has 1 amide bonds. The van der Waals surface area contributed by atoms with Gasteiger partial charge in [-0.1, -0.05) is 6.92 Å². The van der Waals surface area contributed by atoms with Gasteiger partial charge in [-0.15, -0.1) is 0 Å². The van der Waals surface area contributed by atoms with E-state index in [1.54, 1.807) is 0 Å². The first-order valence-electron chi connectivity index (χ1n) is 6.03. The zero-order valence-corrected chi connectivity index (χ0v) is 10.2. The molecule has 5 heteroatoms. The van der Waals surface area contributed by atoms with Gasteiger partial charge in [0.2, 0.25) is 0 Å².